The largest absolute Gasteiger partial charge is 0.448 e. The third kappa shape index (κ3) is 3.48. The molecule has 3 saturated heterocycles. The molecule has 2 amide bonds. The van der Waals surface area contributed by atoms with Crippen molar-refractivity contribution in [3.63, 3.8) is 0 Å². The monoisotopic (exact) mass is 295 g/mol. The minimum absolute atomic E-state index is 0.186. The number of amides is 2. The van der Waals surface area contributed by atoms with E-state index < -0.39 is 0 Å². The molecule has 6 heteroatoms. The van der Waals surface area contributed by atoms with Crippen LogP contribution < -0.4 is 0 Å². The van der Waals surface area contributed by atoms with Gasteiger partial charge in [0.1, 0.15) is 6.61 Å². The second-order valence-corrected chi connectivity index (χ2v) is 6.25. The average Bonchev–Trinajstić information content (AvgIpc) is 3.17. The number of carbonyl (C=O) groups excluding carboxylic acids is 2. The van der Waals surface area contributed by atoms with Crippen LogP contribution in [0.5, 0.6) is 0 Å². The Labute approximate surface area is 126 Å². The Bertz CT molecular complexity index is 388. The third-order valence-electron chi connectivity index (χ3n) is 4.89. The number of hydrogen-bond donors (Lipinski definition) is 0. The fourth-order valence-corrected chi connectivity index (χ4v) is 3.49. The number of nitrogens with zero attached hydrogens (tertiary/aromatic N) is 3. The average molecular weight is 295 g/mol. The van der Waals surface area contributed by atoms with Gasteiger partial charge in [0, 0.05) is 32.1 Å². The maximum absolute atomic E-state index is 12.4. The molecule has 3 heterocycles. The molecular formula is C15H25N3O3. The van der Waals surface area contributed by atoms with Crippen LogP contribution in [0.15, 0.2) is 0 Å². The summed E-state index contributed by atoms with van der Waals surface area (Å²) in [6.07, 6.45) is 4.06. The van der Waals surface area contributed by atoms with Gasteiger partial charge in [-0.15, -0.1) is 0 Å². The highest BCUT2D eigenvalue weighted by atomic mass is 16.6. The second-order valence-electron chi connectivity index (χ2n) is 6.25. The molecule has 21 heavy (non-hydrogen) atoms. The van der Waals surface area contributed by atoms with Crippen LogP contribution in [0.3, 0.4) is 0 Å². The molecule has 0 spiro atoms. The first-order valence-corrected chi connectivity index (χ1v) is 8.17. The smallest absolute Gasteiger partial charge is 0.409 e. The van der Waals surface area contributed by atoms with Gasteiger partial charge in [-0.1, -0.05) is 0 Å². The van der Waals surface area contributed by atoms with E-state index in [0.717, 1.165) is 65.0 Å². The van der Waals surface area contributed by atoms with E-state index in [0.29, 0.717) is 19.1 Å². The lowest BCUT2D eigenvalue weighted by atomic mass is 9.95. The molecule has 3 aliphatic heterocycles. The van der Waals surface area contributed by atoms with Crippen molar-refractivity contribution in [1.29, 1.82) is 0 Å². The van der Waals surface area contributed by atoms with E-state index in [1.807, 2.05) is 4.90 Å². The van der Waals surface area contributed by atoms with E-state index in [4.69, 9.17) is 4.74 Å². The quantitative estimate of drug-likeness (QED) is 0.769. The Balaban J connectivity index is 1.38. The summed E-state index contributed by atoms with van der Waals surface area (Å²) >= 11 is 0. The highest BCUT2D eigenvalue weighted by Gasteiger charge is 2.30. The van der Waals surface area contributed by atoms with E-state index >= 15 is 0 Å². The fourth-order valence-electron chi connectivity index (χ4n) is 3.49. The van der Waals surface area contributed by atoms with E-state index in [1.54, 1.807) is 4.90 Å². The Hall–Kier alpha value is -1.30. The summed E-state index contributed by atoms with van der Waals surface area (Å²) in [5, 5.41) is 0. The first-order valence-electron chi connectivity index (χ1n) is 8.17. The molecule has 0 radical (unpaired) electrons. The predicted octanol–water partition coefficient (Wildman–Crippen LogP) is 0.773. The Morgan fingerprint density at radius 1 is 1.05 bits per heavy atom. The van der Waals surface area contributed by atoms with Crippen LogP contribution in [0.25, 0.3) is 0 Å². The van der Waals surface area contributed by atoms with Gasteiger partial charge in [-0.3, -0.25) is 4.79 Å². The highest BCUT2D eigenvalue weighted by molar-refractivity contribution is 5.79. The van der Waals surface area contributed by atoms with E-state index in [9.17, 15) is 9.59 Å². The first kappa shape index (κ1) is 14.6. The van der Waals surface area contributed by atoms with Crippen molar-refractivity contribution < 1.29 is 14.3 Å². The summed E-state index contributed by atoms with van der Waals surface area (Å²) in [4.78, 5) is 29.9. The topological polar surface area (TPSA) is 53.1 Å². The first-order chi connectivity index (χ1) is 10.2. The second kappa shape index (κ2) is 6.64. The molecule has 0 saturated carbocycles. The Kier molecular flexibility index (Phi) is 4.63. The highest BCUT2D eigenvalue weighted by Crippen LogP contribution is 2.22. The summed E-state index contributed by atoms with van der Waals surface area (Å²) in [5.41, 5.74) is 0. The summed E-state index contributed by atoms with van der Waals surface area (Å²) in [6, 6.07) is 0. The van der Waals surface area contributed by atoms with Gasteiger partial charge in [0.25, 0.3) is 0 Å². The molecule has 0 unspecified atom stereocenters. The van der Waals surface area contributed by atoms with E-state index in [-0.39, 0.29) is 12.0 Å². The molecule has 0 N–H and O–H groups in total. The maximum Gasteiger partial charge on any atom is 0.409 e. The molecule has 0 aromatic rings. The number of cyclic esters (lactones) is 1. The summed E-state index contributed by atoms with van der Waals surface area (Å²) in [5.74, 6) is 0.589. The zero-order valence-corrected chi connectivity index (χ0v) is 12.6. The van der Waals surface area contributed by atoms with Crippen molar-refractivity contribution in [3.8, 4) is 0 Å². The lowest BCUT2D eigenvalue weighted by molar-refractivity contribution is -0.135. The van der Waals surface area contributed by atoms with Crippen LogP contribution in [-0.4, -0.2) is 79.1 Å². The molecule has 3 fully saturated rings. The van der Waals surface area contributed by atoms with Crippen LogP contribution in [0.4, 0.5) is 4.79 Å². The zero-order chi connectivity index (χ0) is 14.7. The van der Waals surface area contributed by atoms with Crippen molar-refractivity contribution in [2.24, 2.45) is 5.92 Å². The molecule has 6 nitrogen and oxygen atoms in total. The molecule has 0 bridgehead atoms. The van der Waals surface area contributed by atoms with Crippen LogP contribution in [0, 0.1) is 5.92 Å². The maximum atomic E-state index is 12.4. The normalized spacial score (nSPS) is 24.7. The van der Waals surface area contributed by atoms with Gasteiger partial charge in [-0.25, -0.2) is 4.79 Å². The van der Waals surface area contributed by atoms with Crippen LogP contribution >= 0.6 is 0 Å². The van der Waals surface area contributed by atoms with E-state index in [2.05, 4.69) is 4.90 Å². The summed E-state index contributed by atoms with van der Waals surface area (Å²) < 4.78 is 4.93. The molecule has 0 atom stereocenters. The molecule has 0 aromatic heterocycles. The van der Waals surface area contributed by atoms with Crippen LogP contribution in [-0.2, 0) is 9.53 Å². The number of piperidine rings is 1. The van der Waals surface area contributed by atoms with Gasteiger partial charge in [0.2, 0.25) is 5.91 Å². The van der Waals surface area contributed by atoms with Crippen molar-refractivity contribution >= 4 is 12.0 Å². The van der Waals surface area contributed by atoms with Crippen molar-refractivity contribution in [3.05, 3.63) is 0 Å². The van der Waals surface area contributed by atoms with Gasteiger partial charge in [0.05, 0.1) is 6.54 Å². The van der Waals surface area contributed by atoms with Gasteiger partial charge in [0.15, 0.2) is 0 Å². The van der Waals surface area contributed by atoms with Gasteiger partial charge in [-0.2, -0.15) is 0 Å². The number of likely N-dealkylation sites (tertiary alicyclic amines) is 2. The van der Waals surface area contributed by atoms with E-state index in [1.165, 1.54) is 0 Å². The molecular weight excluding hydrogens is 270 g/mol. The van der Waals surface area contributed by atoms with Gasteiger partial charge >= 0.3 is 6.09 Å². The number of rotatable bonds is 4. The lowest BCUT2D eigenvalue weighted by Gasteiger charge is -2.33. The molecule has 3 rings (SSSR count). The third-order valence-corrected chi connectivity index (χ3v) is 4.89. The summed E-state index contributed by atoms with van der Waals surface area (Å²) in [6.45, 7) is 6.70. The fraction of sp³-hybridized carbons (Fsp3) is 0.867. The molecule has 0 aromatic carbocycles. The minimum Gasteiger partial charge on any atom is -0.448 e. The lowest BCUT2D eigenvalue weighted by Crippen LogP contribution is -2.44. The molecule has 0 aliphatic carbocycles. The Morgan fingerprint density at radius 3 is 2.38 bits per heavy atom. The Morgan fingerprint density at radius 2 is 1.76 bits per heavy atom. The van der Waals surface area contributed by atoms with Gasteiger partial charge < -0.3 is 19.4 Å². The van der Waals surface area contributed by atoms with Crippen molar-refractivity contribution in [1.82, 2.24) is 14.7 Å². The van der Waals surface area contributed by atoms with Gasteiger partial charge in [-0.05, 0) is 38.8 Å². The van der Waals surface area contributed by atoms with Crippen LogP contribution in [0.2, 0.25) is 0 Å². The number of carbonyl (C=O) groups is 2. The zero-order valence-electron chi connectivity index (χ0n) is 12.6. The number of ether oxygens (including phenoxy) is 1. The van der Waals surface area contributed by atoms with Crippen molar-refractivity contribution in [2.45, 2.75) is 25.7 Å². The predicted molar refractivity (Wildman–Crippen MR) is 77.9 cm³/mol. The van der Waals surface area contributed by atoms with Crippen LogP contribution in [0.1, 0.15) is 25.7 Å². The summed E-state index contributed by atoms with van der Waals surface area (Å²) in [7, 11) is 0. The number of hydrogen-bond acceptors (Lipinski definition) is 4. The molecule has 3 aliphatic rings. The minimum atomic E-state index is -0.186. The SMILES string of the molecule is O=C1OCCN1CCN1CCC(C(=O)N2CCCC2)CC1. The van der Waals surface area contributed by atoms with Crippen molar-refractivity contribution in [2.75, 3.05) is 52.4 Å². The standard InChI is InChI=1S/C15H25N3O3/c19-14(17-5-1-2-6-17)13-3-7-16(8-4-13)9-10-18-11-12-21-15(18)20/h13H,1-12H2. The molecule has 118 valence electrons.